The Kier molecular flexibility index (Phi) is 6.74. The molecule has 0 bridgehead atoms. The number of benzene rings is 1. The zero-order valence-corrected chi connectivity index (χ0v) is 21.6. The van der Waals surface area contributed by atoms with Gasteiger partial charge in [-0.25, -0.2) is 14.8 Å². The van der Waals surface area contributed by atoms with Crippen molar-refractivity contribution in [3.8, 4) is 5.75 Å². The third-order valence-corrected chi connectivity index (χ3v) is 8.09. The van der Waals surface area contributed by atoms with Crippen LogP contribution in [0.4, 0.5) is 16.4 Å². The Bertz CT molecular complexity index is 1180. The highest BCUT2D eigenvalue weighted by Gasteiger charge is 2.52. The number of anilines is 2. The minimum atomic E-state index is -0.908. The lowest BCUT2D eigenvalue weighted by atomic mass is 9.82. The van der Waals surface area contributed by atoms with Crippen LogP contribution in [-0.4, -0.2) is 71.0 Å². The highest BCUT2D eigenvalue weighted by atomic mass is 16.5. The van der Waals surface area contributed by atoms with Gasteiger partial charge < -0.3 is 19.9 Å². The maximum Gasteiger partial charge on any atom is 0.325 e. The van der Waals surface area contributed by atoms with Crippen molar-refractivity contribution in [3.63, 3.8) is 0 Å². The quantitative estimate of drug-likeness (QED) is 0.347. The summed E-state index contributed by atoms with van der Waals surface area (Å²) >= 11 is 0. The molecule has 10 nitrogen and oxygen atoms in total. The third-order valence-electron chi connectivity index (χ3n) is 8.09. The maximum atomic E-state index is 13.4. The number of piperidine rings is 1. The number of esters is 1. The standard InChI is InChI=1S/C27H34N6O4/c1-4-31(5-2)19-7-8-20-18(3)21(23(34)37-22(20)17-19)9-14-33-24(35)27(30-26(33)36)10-15-32(16-11-27)25-28-12-6-13-29-25/h6-8,12-13,17-18,21H,4-5,9-11,14-16H2,1-3H3,(H,30,36). The topological polar surface area (TPSA) is 108 Å². The monoisotopic (exact) mass is 506 g/mol. The van der Waals surface area contributed by atoms with Crippen molar-refractivity contribution in [1.82, 2.24) is 20.2 Å². The van der Waals surface area contributed by atoms with Gasteiger partial charge in [-0.1, -0.05) is 13.0 Å². The molecule has 2 fully saturated rings. The van der Waals surface area contributed by atoms with Gasteiger partial charge in [0.15, 0.2) is 0 Å². The van der Waals surface area contributed by atoms with Gasteiger partial charge >= 0.3 is 12.0 Å². The summed E-state index contributed by atoms with van der Waals surface area (Å²) in [6, 6.07) is 7.39. The molecule has 2 atom stereocenters. The lowest BCUT2D eigenvalue weighted by Crippen LogP contribution is -2.55. The van der Waals surface area contributed by atoms with Crippen LogP contribution < -0.4 is 19.9 Å². The van der Waals surface area contributed by atoms with Crippen LogP contribution in [0.2, 0.25) is 0 Å². The minimum Gasteiger partial charge on any atom is -0.426 e. The molecular weight excluding hydrogens is 472 g/mol. The van der Waals surface area contributed by atoms with Gasteiger partial charge in [0.25, 0.3) is 5.91 Å². The van der Waals surface area contributed by atoms with Crippen LogP contribution in [0.1, 0.15) is 51.5 Å². The van der Waals surface area contributed by atoms with Gasteiger partial charge in [0.2, 0.25) is 5.95 Å². The van der Waals surface area contributed by atoms with E-state index in [1.165, 1.54) is 4.90 Å². The smallest absolute Gasteiger partial charge is 0.325 e. The number of aromatic nitrogens is 2. The summed E-state index contributed by atoms with van der Waals surface area (Å²) in [4.78, 5) is 53.3. The number of fused-ring (bicyclic) bond motifs is 1. The van der Waals surface area contributed by atoms with E-state index in [9.17, 15) is 14.4 Å². The Morgan fingerprint density at radius 1 is 1.11 bits per heavy atom. The first-order chi connectivity index (χ1) is 17.9. The van der Waals surface area contributed by atoms with E-state index in [1.54, 1.807) is 18.5 Å². The van der Waals surface area contributed by atoms with E-state index >= 15 is 0 Å². The van der Waals surface area contributed by atoms with Gasteiger partial charge in [-0.3, -0.25) is 14.5 Å². The van der Waals surface area contributed by atoms with E-state index in [0.717, 1.165) is 24.3 Å². The lowest BCUT2D eigenvalue weighted by Gasteiger charge is -2.37. The first kappa shape index (κ1) is 25.0. The van der Waals surface area contributed by atoms with Crippen molar-refractivity contribution in [2.24, 2.45) is 5.92 Å². The number of carbonyl (C=O) groups is 3. The summed E-state index contributed by atoms with van der Waals surface area (Å²) in [7, 11) is 0. The number of urea groups is 1. The van der Waals surface area contributed by atoms with Crippen LogP contribution in [0.3, 0.4) is 0 Å². The van der Waals surface area contributed by atoms with Crippen molar-refractivity contribution in [2.45, 2.75) is 51.5 Å². The molecule has 2 saturated heterocycles. The number of hydrogen-bond donors (Lipinski definition) is 1. The Hall–Kier alpha value is -3.69. The summed E-state index contributed by atoms with van der Waals surface area (Å²) < 4.78 is 5.74. The summed E-state index contributed by atoms with van der Waals surface area (Å²) in [5, 5.41) is 2.94. The second-order valence-electron chi connectivity index (χ2n) is 10.0. The summed E-state index contributed by atoms with van der Waals surface area (Å²) in [6.07, 6.45) is 4.70. The number of nitrogens with zero attached hydrogens (tertiary/aromatic N) is 5. The fourth-order valence-corrected chi connectivity index (χ4v) is 5.78. The van der Waals surface area contributed by atoms with Crippen LogP contribution in [0, 0.1) is 5.92 Å². The number of ether oxygens (including phenoxy) is 1. The van der Waals surface area contributed by atoms with E-state index in [4.69, 9.17) is 4.74 Å². The predicted molar refractivity (Wildman–Crippen MR) is 139 cm³/mol. The summed E-state index contributed by atoms with van der Waals surface area (Å²) in [5.41, 5.74) is 1.09. The molecule has 0 saturated carbocycles. The molecule has 0 aliphatic carbocycles. The molecule has 37 heavy (non-hydrogen) atoms. The number of carbonyl (C=O) groups excluding carboxylic acids is 3. The first-order valence-electron chi connectivity index (χ1n) is 13.1. The van der Waals surface area contributed by atoms with E-state index in [2.05, 4.69) is 40.1 Å². The van der Waals surface area contributed by atoms with Gasteiger partial charge in [-0.2, -0.15) is 0 Å². The molecular formula is C27H34N6O4. The largest absolute Gasteiger partial charge is 0.426 e. The molecule has 0 radical (unpaired) electrons. The maximum absolute atomic E-state index is 13.4. The number of imide groups is 1. The summed E-state index contributed by atoms with van der Waals surface area (Å²) in [5.74, 6) is 0.190. The first-order valence-corrected chi connectivity index (χ1v) is 13.1. The molecule has 10 heteroatoms. The fourth-order valence-electron chi connectivity index (χ4n) is 5.78. The highest BCUT2D eigenvalue weighted by molar-refractivity contribution is 6.07. The van der Waals surface area contributed by atoms with E-state index < -0.39 is 17.5 Å². The van der Waals surface area contributed by atoms with Gasteiger partial charge in [0, 0.05) is 56.9 Å². The Labute approximate surface area is 217 Å². The normalized spacial score (nSPS) is 22.6. The highest BCUT2D eigenvalue weighted by Crippen LogP contribution is 2.41. The van der Waals surface area contributed by atoms with E-state index in [0.29, 0.717) is 44.0 Å². The number of amides is 3. The second kappa shape index (κ2) is 9.99. The van der Waals surface area contributed by atoms with Gasteiger partial charge in [0.1, 0.15) is 11.3 Å². The molecule has 3 aliphatic heterocycles. The van der Waals surface area contributed by atoms with Crippen molar-refractivity contribution >= 4 is 29.5 Å². The van der Waals surface area contributed by atoms with Gasteiger partial charge in [0.05, 0.1) is 5.92 Å². The number of rotatable bonds is 7. The van der Waals surface area contributed by atoms with Crippen LogP contribution in [0.15, 0.2) is 36.7 Å². The molecule has 2 unspecified atom stereocenters. The van der Waals surface area contributed by atoms with Crippen LogP contribution in [0.5, 0.6) is 5.75 Å². The molecule has 3 aliphatic rings. The van der Waals surface area contributed by atoms with Crippen LogP contribution >= 0.6 is 0 Å². The summed E-state index contributed by atoms with van der Waals surface area (Å²) in [6.45, 7) is 9.25. The molecule has 4 heterocycles. The lowest BCUT2D eigenvalue weighted by molar-refractivity contribution is -0.142. The van der Waals surface area contributed by atoms with Crippen molar-refractivity contribution in [1.29, 1.82) is 0 Å². The molecule has 196 valence electrons. The average Bonchev–Trinajstić information content (AvgIpc) is 3.13. The SMILES string of the molecule is CCN(CC)c1ccc2c(c1)OC(=O)C(CCN1C(=O)NC3(CCN(c4ncccn4)CC3)C1=O)C2C. The number of hydrogen-bond acceptors (Lipinski definition) is 8. The Balaban J connectivity index is 1.23. The van der Waals surface area contributed by atoms with E-state index in [-0.39, 0.29) is 24.3 Å². The molecule has 1 aromatic carbocycles. The van der Waals surface area contributed by atoms with Crippen molar-refractivity contribution in [2.75, 3.05) is 42.5 Å². The minimum absolute atomic E-state index is 0.0779. The zero-order valence-electron chi connectivity index (χ0n) is 21.6. The average molecular weight is 507 g/mol. The van der Waals surface area contributed by atoms with Crippen molar-refractivity contribution < 1.29 is 19.1 Å². The second-order valence-corrected chi connectivity index (χ2v) is 10.0. The Morgan fingerprint density at radius 3 is 2.49 bits per heavy atom. The molecule has 5 rings (SSSR count). The third kappa shape index (κ3) is 4.49. The Morgan fingerprint density at radius 2 is 1.81 bits per heavy atom. The molecule has 3 amide bonds. The van der Waals surface area contributed by atoms with Crippen molar-refractivity contribution in [3.05, 3.63) is 42.2 Å². The van der Waals surface area contributed by atoms with Crippen LogP contribution in [-0.2, 0) is 9.59 Å². The molecule has 1 aromatic heterocycles. The van der Waals surface area contributed by atoms with Gasteiger partial charge in [-0.05, 0) is 56.7 Å². The van der Waals surface area contributed by atoms with Crippen LogP contribution in [0.25, 0.3) is 0 Å². The molecule has 1 N–H and O–H groups in total. The zero-order chi connectivity index (χ0) is 26.2. The predicted octanol–water partition coefficient (Wildman–Crippen LogP) is 2.94. The fraction of sp³-hybridized carbons (Fsp3) is 0.519. The molecule has 1 spiro atoms. The molecule has 2 aromatic rings. The van der Waals surface area contributed by atoms with E-state index in [1.807, 2.05) is 24.0 Å². The van der Waals surface area contributed by atoms with Gasteiger partial charge in [-0.15, -0.1) is 0 Å². The number of nitrogens with one attached hydrogen (secondary N) is 1.